The van der Waals surface area contributed by atoms with Gasteiger partial charge in [-0.25, -0.2) is 8.42 Å². The first kappa shape index (κ1) is 15.7. The number of aromatic nitrogens is 2. The highest BCUT2D eigenvalue weighted by Crippen LogP contribution is 2.16. The number of likely N-dealkylation sites (N-methyl/N-ethyl adjacent to an activating group) is 1. The van der Waals surface area contributed by atoms with Crippen LogP contribution in [0.3, 0.4) is 0 Å². The fourth-order valence-corrected chi connectivity index (χ4v) is 3.16. The first-order chi connectivity index (χ1) is 9.95. The first-order valence-electron chi connectivity index (χ1n) is 6.60. The van der Waals surface area contributed by atoms with Crippen LogP contribution in [0.2, 0.25) is 0 Å². The molecule has 0 fully saturated rings. The number of sulfonamides is 1. The van der Waals surface area contributed by atoms with E-state index in [1.807, 2.05) is 30.3 Å². The van der Waals surface area contributed by atoms with Crippen molar-refractivity contribution in [1.82, 2.24) is 14.1 Å². The van der Waals surface area contributed by atoms with E-state index in [9.17, 15) is 8.42 Å². The molecule has 0 amide bonds. The standard InChI is InChI=1S/C14H19N3O3S/c1-12(11-18)16(2)21(19,20)14-8-15-17(10-14)9-13-6-4-3-5-7-13/h3-8,10,12,18H,9,11H2,1-2H3. The summed E-state index contributed by atoms with van der Waals surface area (Å²) in [6.07, 6.45) is 2.84. The molecule has 1 unspecified atom stereocenters. The van der Waals surface area contributed by atoms with E-state index in [2.05, 4.69) is 5.10 Å². The predicted molar refractivity (Wildman–Crippen MR) is 79.3 cm³/mol. The van der Waals surface area contributed by atoms with Crippen LogP contribution in [0.5, 0.6) is 0 Å². The molecule has 0 aliphatic rings. The van der Waals surface area contributed by atoms with Crippen LogP contribution < -0.4 is 0 Å². The molecule has 0 aliphatic heterocycles. The van der Waals surface area contributed by atoms with Crippen molar-refractivity contribution in [3.05, 3.63) is 48.3 Å². The Morgan fingerprint density at radius 1 is 1.33 bits per heavy atom. The largest absolute Gasteiger partial charge is 0.395 e. The van der Waals surface area contributed by atoms with Crippen LogP contribution in [0.15, 0.2) is 47.6 Å². The molecule has 2 aromatic rings. The smallest absolute Gasteiger partial charge is 0.246 e. The molecule has 6 nitrogen and oxygen atoms in total. The summed E-state index contributed by atoms with van der Waals surface area (Å²) in [4.78, 5) is 0.126. The SMILES string of the molecule is CC(CO)N(C)S(=O)(=O)c1cnn(Cc2ccccc2)c1. The molecule has 1 N–H and O–H groups in total. The van der Waals surface area contributed by atoms with E-state index in [4.69, 9.17) is 5.11 Å². The van der Waals surface area contributed by atoms with Crippen molar-refractivity contribution in [3.63, 3.8) is 0 Å². The molecule has 0 radical (unpaired) electrons. The van der Waals surface area contributed by atoms with E-state index < -0.39 is 16.1 Å². The van der Waals surface area contributed by atoms with Crippen LogP contribution in [0.25, 0.3) is 0 Å². The molecular weight excluding hydrogens is 290 g/mol. The predicted octanol–water partition coefficient (Wildman–Crippen LogP) is 0.933. The Labute approximate surface area is 124 Å². The Balaban J connectivity index is 2.19. The van der Waals surface area contributed by atoms with Gasteiger partial charge in [-0.2, -0.15) is 9.40 Å². The second-order valence-electron chi connectivity index (χ2n) is 4.91. The monoisotopic (exact) mass is 309 g/mol. The van der Waals surface area contributed by atoms with E-state index in [0.29, 0.717) is 6.54 Å². The Kier molecular flexibility index (Phi) is 4.76. The van der Waals surface area contributed by atoms with Crippen LogP contribution in [-0.2, 0) is 16.6 Å². The summed E-state index contributed by atoms with van der Waals surface area (Å²) in [5, 5.41) is 13.2. The molecule has 21 heavy (non-hydrogen) atoms. The Morgan fingerprint density at radius 3 is 2.62 bits per heavy atom. The maximum absolute atomic E-state index is 12.4. The van der Waals surface area contributed by atoms with Crippen molar-refractivity contribution < 1.29 is 13.5 Å². The summed E-state index contributed by atoms with van der Waals surface area (Å²) in [7, 11) is -2.18. The molecule has 114 valence electrons. The number of benzene rings is 1. The Bertz CT molecular complexity index is 682. The summed E-state index contributed by atoms with van der Waals surface area (Å²) in [5.41, 5.74) is 1.04. The van der Waals surface area contributed by atoms with Crippen molar-refractivity contribution >= 4 is 10.0 Å². The lowest BCUT2D eigenvalue weighted by molar-refractivity contribution is 0.214. The van der Waals surface area contributed by atoms with E-state index in [1.54, 1.807) is 11.6 Å². The van der Waals surface area contributed by atoms with Gasteiger partial charge in [-0.15, -0.1) is 0 Å². The molecule has 0 saturated carbocycles. The minimum Gasteiger partial charge on any atom is -0.395 e. The first-order valence-corrected chi connectivity index (χ1v) is 8.04. The van der Waals surface area contributed by atoms with Gasteiger partial charge >= 0.3 is 0 Å². The average molecular weight is 309 g/mol. The zero-order valence-corrected chi connectivity index (χ0v) is 12.9. The molecule has 1 aromatic heterocycles. The molecule has 7 heteroatoms. The number of hydrogen-bond donors (Lipinski definition) is 1. The van der Waals surface area contributed by atoms with Gasteiger partial charge in [-0.05, 0) is 12.5 Å². The van der Waals surface area contributed by atoms with Gasteiger partial charge < -0.3 is 5.11 Å². The minimum atomic E-state index is -3.63. The highest BCUT2D eigenvalue weighted by Gasteiger charge is 2.26. The third kappa shape index (κ3) is 3.49. The van der Waals surface area contributed by atoms with Crippen molar-refractivity contribution in [2.75, 3.05) is 13.7 Å². The van der Waals surface area contributed by atoms with Crippen LogP contribution in [0.1, 0.15) is 12.5 Å². The van der Waals surface area contributed by atoms with Gasteiger partial charge in [0.1, 0.15) is 4.90 Å². The summed E-state index contributed by atoms with van der Waals surface area (Å²) in [6, 6.07) is 9.20. The van der Waals surface area contributed by atoms with Gasteiger partial charge in [0.25, 0.3) is 0 Å². The molecule has 1 atom stereocenters. The molecule has 0 bridgehead atoms. The molecule has 1 heterocycles. The Hall–Kier alpha value is -1.70. The summed E-state index contributed by atoms with van der Waals surface area (Å²) in [6.45, 7) is 1.93. The summed E-state index contributed by atoms with van der Waals surface area (Å²) in [5.74, 6) is 0. The van der Waals surface area contributed by atoms with Crippen molar-refractivity contribution in [3.8, 4) is 0 Å². The third-order valence-corrected chi connectivity index (χ3v) is 5.28. The fraction of sp³-hybridized carbons (Fsp3) is 0.357. The quantitative estimate of drug-likeness (QED) is 0.861. The molecule has 0 spiro atoms. The molecule has 0 aliphatic carbocycles. The fourth-order valence-electron chi connectivity index (χ4n) is 1.85. The van der Waals surface area contributed by atoms with Crippen LogP contribution in [0.4, 0.5) is 0 Å². The van der Waals surface area contributed by atoms with E-state index in [-0.39, 0.29) is 11.5 Å². The van der Waals surface area contributed by atoms with Gasteiger partial charge in [0.2, 0.25) is 10.0 Å². The van der Waals surface area contributed by atoms with Crippen molar-refractivity contribution in [2.24, 2.45) is 0 Å². The van der Waals surface area contributed by atoms with E-state index in [0.717, 1.165) is 9.87 Å². The summed E-state index contributed by atoms with van der Waals surface area (Å²) >= 11 is 0. The highest BCUT2D eigenvalue weighted by atomic mass is 32.2. The molecule has 1 aromatic carbocycles. The maximum Gasteiger partial charge on any atom is 0.246 e. The zero-order chi connectivity index (χ0) is 15.5. The highest BCUT2D eigenvalue weighted by molar-refractivity contribution is 7.89. The normalized spacial score (nSPS) is 13.5. The second-order valence-corrected chi connectivity index (χ2v) is 6.91. The zero-order valence-electron chi connectivity index (χ0n) is 12.0. The lowest BCUT2D eigenvalue weighted by Crippen LogP contribution is -2.37. The molecule has 0 saturated heterocycles. The third-order valence-electron chi connectivity index (χ3n) is 3.36. The van der Waals surface area contributed by atoms with Crippen LogP contribution >= 0.6 is 0 Å². The van der Waals surface area contributed by atoms with E-state index in [1.165, 1.54) is 19.4 Å². The minimum absolute atomic E-state index is 0.126. The molecular formula is C14H19N3O3S. The number of aliphatic hydroxyl groups is 1. The lowest BCUT2D eigenvalue weighted by atomic mass is 10.2. The van der Waals surface area contributed by atoms with Gasteiger partial charge in [0.15, 0.2) is 0 Å². The Morgan fingerprint density at radius 2 is 2.00 bits per heavy atom. The number of rotatable bonds is 6. The molecule has 2 rings (SSSR count). The lowest BCUT2D eigenvalue weighted by Gasteiger charge is -2.21. The number of nitrogens with zero attached hydrogens (tertiary/aromatic N) is 3. The van der Waals surface area contributed by atoms with Gasteiger partial charge in [0, 0.05) is 19.3 Å². The van der Waals surface area contributed by atoms with E-state index >= 15 is 0 Å². The average Bonchev–Trinajstić information content (AvgIpc) is 2.96. The second kappa shape index (κ2) is 6.38. The van der Waals surface area contributed by atoms with Gasteiger partial charge in [0.05, 0.1) is 19.3 Å². The van der Waals surface area contributed by atoms with Crippen molar-refractivity contribution in [2.45, 2.75) is 24.4 Å². The maximum atomic E-state index is 12.4. The topological polar surface area (TPSA) is 75.4 Å². The van der Waals surface area contributed by atoms with Crippen LogP contribution in [0, 0.1) is 0 Å². The van der Waals surface area contributed by atoms with Gasteiger partial charge in [-0.3, -0.25) is 4.68 Å². The van der Waals surface area contributed by atoms with Crippen LogP contribution in [-0.4, -0.2) is 47.3 Å². The van der Waals surface area contributed by atoms with Crippen molar-refractivity contribution in [1.29, 1.82) is 0 Å². The number of hydrogen-bond acceptors (Lipinski definition) is 4. The summed E-state index contributed by atoms with van der Waals surface area (Å²) < 4.78 is 27.5. The number of aliphatic hydroxyl groups excluding tert-OH is 1. The van der Waals surface area contributed by atoms with Gasteiger partial charge in [-0.1, -0.05) is 30.3 Å².